The van der Waals surface area contributed by atoms with Crippen LogP contribution in [0.1, 0.15) is 40.2 Å². The summed E-state index contributed by atoms with van der Waals surface area (Å²) in [6.07, 6.45) is -0.212. The SMILES string of the molecule is COC(=O)C(C)C1Nc2ccc(-c3ccccc3C#N)cc2N1C(C)(C)C(C)C. The first-order valence-corrected chi connectivity index (χ1v) is 9.99. The van der Waals surface area contributed by atoms with Crippen molar-refractivity contribution in [1.82, 2.24) is 0 Å². The number of hydrogen-bond donors (Lipinski definition) is 1. The second kappa shape index (κ2) is 7.79. The second-order valence-electron chi connectivity index (χ2n) is 8.47. The summed E-state index contributed by atoms with van der Waals surface area (Å²) in [6, 6.07) is 16.1. The Bertz CT molecular complexity index is 959. The van der Waals surface area contributed by atoms with Crippen molar-refractivity contribution < 1.29 is 9.53 Å². The van der Waals surface area contributed by atoms with Gasteiger partial charge in [-0.25, -0.2) is 0 Å². The second-order valence-corrected chi connectivity index (χ2v) is 8.47. The highest BCUT2D eigenvalue weighted by atomic mass is 16.5. The van der Waals surface area contributed by atoms with Crippen LogP contribution in [-0.4, -0.2) is 24.8 Å². The maximum Gasteiger partial charge on any atom is 0.312 e. The molecule has 0 aliphatic carbocycles. The van der Waals surface area contributed by atoms with E-state index >= 15 is 0 Å². The van der Waals surface area contributed by atoms with E-state index in [1.54, 1.807) is 0 Å². The molecule has 0 aromatic heterocycles. The van der Waals surface area contributed by atoms with E-state index in [1.807, 2.05) is 43.3 Å². The molecule has 5 heteroatoms. The fourth-order valence-electron chi connectivity index (χ4n) is 3.84. The van der Waals surface area contributed by atoms with Gasteiger partial charge in [-0.3, -0.25) is 4.79 Å². The van der Waals surface area contributed by atoms with Crippen LogP contribution >= 0.6 is 0 Å². The van der Waals surface area contributed by atoms with E-state index < -0.39 is 0 Å². The van der Waals surface area contributed by atoms with Crippen LogP contribution in [0, 0.1) is 23.2 Å². The van der Waals surface area contributed by atoms with Gasteiger partial charge in [0, 0.05) is 5.54 Å². The van der Waals surface area contributed by atoms with Crippen LogP contribution < -0.4 is 10.2 Å². The molecule has 1 heterocycles. The van der Waals surface area contributed by atoms with Gasteiger partial charge in [-0.1, -0.05) is 38.1 Å². The van der Waals surface area contributed by atoms with Crippen LogP contribution in [0.5, 0.6) is 0 Å². The minimum absolute atomic E-state index is 0.210. The molecule has 0 saturated carbocycles. The zero-order valence-corrected chi connectivity index (χ0v) is 18.0. The molecule has 0 amide bonds. The van der Waals surface area contributed by atoms with E-state index in [0.29, 0.717) is 11.5 Å². The molecule has 0 spiro atoms. The number of fused-ring (bicyclic) bond motifs is 1. The third-order valence-electron chi connectivity index (χ3n) is 6.28. The lowest BCUT2D eigenvalue weighted by Gasteiger charge is -2.45. The van der Waals surface area contributed by atoms with Crippen LogP contribution in [0.4, 0.5) is 11.4 Å². The van der Waals surface area contributed by atoms with Crippen LogP contribution in [0.3, 0.4) is 0 Å². The maximum atomic E-state index is 12.3. The molecule has 1 aliphatic heterocycles. The molecule has 29 heavy (non-hydrogen) atoms. The Morgan fingerprint density at radius 1 is 1.21 bits per heavy atom. The fraction of sp³-hybridized carbons (Fsp3) is 0.417. The summed E-state index contributed by atoms with van der Waals surface area (Å²) in [6.45, 7) is 10.7. The third kappa shape index (κ3) is 3.55. The predicted molar refractivity (Wildman–Crippen MR) is 117 cm³/mol. The van der Waals surface area contributed by atoms with Gasteiger partial charge < -0.3 is 15.0 Å². The molecule has 2 atom stereocenters. The molecule has 152 valence electrons. The molecule has 0 fully saturated rings. The Balaban J connectivity index is 2.14. The summed E-state index contributed by atoms with van der Waals surface area (Å²) in [5.41, 5.74) is 4.35. The number of nitrogens with one attached hydrogen (secondary N) is 1. The summed E-state index contributed by atoms with van der Waals surface area (Å²) in [5, 5.41) is 13.0. The highest BCUT2D eigenvalue weighted by Crippen LogP contribution is 2.45. The largest absolute Gasteiger partial charge is 0.469 e. The van der Waals surface area contributed by atoms with Crippen molar-refractivity contribution in [3.63, 3.8) is 0 Å². The number of esters is 1. The lowest BCUT2D eigenvalue weighted by molar-refractivity contribution is -0.145. The van der Waals surface area contributed by atoms with E-state index in [1.165, 1.54) is 7.11 Å². The van der Waals surface area contributed by atoms with E-state index in [4.69, 9.17) is 4.74 Å². The van der Waals surface area contributed by atoms with Crippen molar-refractivity contribution in [3.8, 4) is 17.2 Å². The predicted octanol–water partition coefficient (Wildman–Crippen LogP) is 5.03. The van der Waals surface area contributed by atoms with Crippen molar-refractivity contribution in [1.29, 1.82) is 5.26 Å². The number of carbonyl (C=O) groups excluding carboxylic acids is 1. The summed E-state index contributed by atoms with van der Waals surface area (Å²) in [5.74, 6) is -0.243. The summed E-state index contributed by atoms with van der Waals surface area (Å²) in [7, 11) is 1.43. The number of ether oxygens (including phenoxy) is 1. The molecule has 0 bridgehead atoms. The number of anilines is 2. The molecule has 3 rings (SSSR count). The number of methoxy groups -OCH3 is 1. The number of hydrogen-bond acceptors (Lipinski definition) is 5. The van der Waals surface area contributed by atoms with E-state index in [9.17, 15) is 10.1 Å². The van der Waals surface area contributed by atoms with Crippen molar-refractivity contribution >= 4 is 17.3 Å². The van der Waals surface area contributed by atoms with Gasteiger partial charge >= 0.3 is 5.97 Å². The lowest BCUT2D eigenvalue weighted by Crippen LogP contribution is -2.56. The van der Waals surface area contributed by atoms with E-state index in [2.05, 4.69) is 50.0 Å². The number of benzene rings is 2. The van der Waals surface area contributed by atoms with Gasteiger partial charge in [-0.2, -0.15) is 5.26 Å². The van der Waals surface area contributed by atoms with Gasteiger partial charge in [-0.15, -0.1) is 0 Å². The summed E-state index contributed by atoms with van der Waals surface area (Å²) in [4.78, 5) is 14.6. The van der Waals surface area contributed by atoms with Gasteiger partial charge in [-0.05, 0) is 56.0 Å². The van der Waals surface area contributed by atoms with Crippen LogP contribution in [-0.2, 0) is 9.53 Å². The Kier molecular flexibility index (Phi) is 5.57. The quantitative estimate of drug-likeness (QED) is 0.725. The molecule has 2 unspecified atom stereocenters. The van der Waals surface area contributed by atoms with Crippen molar-refractivity contribution in [2.45, 2.75) is 46.3 Å². The van der Waals surface area contributed by atoms with Gasteiger partial charge in [0.1, 0.15) is 6.17 Å². The molecule has 1 aliphatic rings. The highest BCUT2D eigenvalue weighted by Gasteiger charge is 2.44. The van der Waals surface area contributed by atoms with Gasteiger partial charge in [0.2, 0.25) is 0 Å². The highest BCUT2D eigenvalue weighted by molar-refractivity contribution is 5.86. The van der Waals surface area contributed by atoms with Crippen molar-refractivity contribution in [2.24, 2.45) is 11.8 Å². The van der Waals surface area contributed by atoms with E-state index in [-0.39, 0.29) is 23.6 Å². The maximum absolute atomic E-state index is 12.3. The van der Waals surface area contributed by atoms with Crippen molar-refractivity contribution in [3.05, 3.63) is 48.0 Å². The summed E-state index contributed by atoms with van der Waals surface area (Å²) >= 11 is 0. The Labute approximate surface area is 173 Å². The Hall–Kier alpha value is -3.00. The van der Waals surface area contributed by atoms with Gasteiger partial charge in [0.25, 0.3) is 0 Å². The molecule has 2 aromatic carbocycles. The topological polar surface area (TPSA) is 65.4 Å². The first-order valence-electron chi connectivity index (χ1n) is 9.99. The number of rotatable bonds is 5. The molecule has 1 N–H and O–H groups in total. The summed E-state index contributed by atoms with van der Waals surface area (Å²) < 4.78 is 5.03. The van der Waals surface area contributed by atoms with Crippen LogP contribution in [0.2, 0.25) is 0 Å². The fourth-order valence-corrected chi connectivity index (χ4v) is 3.84. The molecular formula is C24H29N3O2. The van der Waals surface area contributed by atoms with E-state index in [0.717, 1.165) is 22.5 Å². The minimum atomic E-state index is -0.347. The smallest absolute Gasteiger partial charge is 0.312 e. The number of nitriles is 1. The Morgan fingerprint density at radius 2 is 1.90 bits per heavy atom. The first kappa shape index (κ1) is 20.7. The zero-order valence-electron chi connectivity index (χ0n) is 18.0. The van der Waals surface area contributed by atoms with Crippen molar-refractivity contribution in [2.75, 3.05) is 17.3 Å². The third-order valence-corrected chi connectivity index (χ3v) is 6.28. The molecular weight excluding hydrogens is 362 g/mol. The first-order chi connectivity index (χ1) is 13.7. The molecule has 0 radical (unpaired) electrons. The normalized spacial score (nSPS) is 16.8. The average molecular weight is 392 g/mol. The lowest BCUT2D eigenvalue weighted by atomic mass is 9.86. The molecule has 2 aromatic rings. The molecule has 0 saturated heterocycles. The minimum Gasteiger partial charge on any atom is -0.469 e. The zero-order chi connectivity index (χ0) is 21.3. The number of carbonyl (C=O) groups is 1. The Morgan fingerprint density at radius 3 is 2.52 bits per heavy atom. The number of nitrogens with zero attached hydrogens (tertiary/aromatic N) is 2. The average Bonchev–Trinajstić information content (AvgIpc) is 3.11. The van der Waals surface area contributed by atoms with Gasteiger partial charge in [0.15, 0.2) is 0 Å². The van der Waals surface area contributed by atoms with Crippen LogP contribution in [0.25, 0.3) is 11.1 Å². The molecule has 5 nitrogen and oxygen atoms in total. The van der Waals surface area contributed by atoms with Gasteiger partial charge in [0.05, 0.1) is 36.0 Å². The standard InChI is InChI=1S/C24H29N3O2/c1-15(2)24(4,5)27-21-13-17(19-10-8-7-9-18(19)14-25)11-12-20(21)26-22(27)16(3)23(28)29-6/h7-13,15-16,22,26H,1-6H3. The monoisotopic (exact) mass is 391 g/mol. The van der Waals surface area contributed by atoms with Crippen LogP contribution in [0.15, 0.2) is 42.5 Å².